The van der Waals surface area contributed by atoms with E-state index in [0.29, 0.717) is 31.0 Å². The first-order valence-corrected chi connectivity index (χ1v) is 9.76. The topological polar surface area (TPSA) is 88.7 Å². The lowest BCUT2D eigenvalue weighted by atomic mass is 10.2. The predicted molar refractivity (Wildman–Crippen MR) is 115 cm³/mol. The van der Waals surface area contributed by atoms with Gasteiger partial charge in [-0.1, -0.05) is 6.92 Å². The van der Waals surface area contributed by atoms with Gasteiger partial charge in [-0.15, -0.1) is 0 Å². The molecule has 0 aromatic heterocycles. The van der Waals surface area contributed by atoms with Crippen LogP contribution < -0.4 is 20.7 Å². The van der Waals surface area contributed by atoms with Crippen molar-refractivity contribution in [3.05, 3.63) is 54.1 Å². The second-order valence-electron chi connectivity index (χ2n) is 6.45. The molecular weight excluding hydrogens is 370 g/mol. The fourth-order valence-electron chi connectivity index (χ4n) is 2.50. The highest BCUT2D eigenvalue weighted by Gasteiger charge is 2.06. The number of nitrogens with one attached hydrogen (secondary N) is 3. The number of amides is 2. The molecule has 29 heavy (non-hydrogen) atoms. The molecule has 2 amide bonds. The molecule has 0 aliphatic heterocycles. The van der Waals surface area contributed by atoms with Crippen molar-refractivity contribution in [2.75, 3.05) is 44.0 Å². The molecule has 3 N–H and O–H groups in total. The van der Waals surface area contributed by atoms with Crippen LogP contribution in [0.4, 0.5) is 11.4 Å². The maximum Gasteiger partial charge on any atom is 0.251 e. The molecular formula is C22H29N3O4. The lowest BCUT2D eigenvalue weighted by Gasteiger charge is -2.10. The van der Waals surface area contributed by atoms with E-state index in [9.17, 15) is 9.59 Å². The maximum atomic E-state index is 12.1. The molecule has 156 valence electrons. The Morgan fingerprint density at radius 2 is 1.62 bits per heavy atom. The van der Waals surface area contributed by atoms with Crippen LogP contribution in [0.15, 0.2) is 48.5 Å². The van der Waals surface area contributed by atoms with Gasteiger partial charge in [-0.3, -0.25) is 9.59 Å². The fraction of sp³-hybridized carbons (Fsp3) is 0.364. The lowest BCUT2D eigenvalue weighted by Crippen LogP contribution is -2.25. The fourth-order valence-corrected chi connectivity index (χ4v) is 2.50. The quantitative estimate of drug-likeness (QED) is 0.477. The molecule has 0 aliphatic carbocycles. The summed E-state index contributed by atoms with van der Waals surface area (Å²) in [6, 6.07) is 14.3. The van der Waals surface area contributed by atoms with Gasteiger partial charge in [-0.05, 0) is 61.4 Å². The van der Waals surface area contributed by atoms with E-state index in [2.05, 4.69) is 22.9 Å². The van der Waals surface area contributed by atoms with Crippen molar-refractivity contribution in [1.82, 2.24) is 5.32 Å². The predicted octanol–water partition coefficient (Wildman–Crippen LogP) is 3.29. The molecule has 7 heteroatoms. The van der Waals surface area contributed by atoms with E-state index in [1.54, 1.807) is 31.4 Å². The van der Waals surface area contributed by atoms with E-state index in [1.807, 2.05) is 24.3 Å². The molecule has 0 atom stereocenters. The Hall–Kier alpha value is -3.06. The second-order valence-corrected chi connectivity index (χ2v) is 6.45. The molecule has 0 bridgehead atoms. The Kier molecular flexibility index (Phi) is 9.51. The third-order valence-corrected chi connectivity index (χ3v) is 4.02. The Balaban J connectivity index is 1.75. The maximum absolute atomic E-state index is 12.1. The Morgan fingerprint density at radius 3 is 2.28 bits per heavy atom. The summed E-state index contributed by atoms with van der Waals surface area (Å²) in [5.74, 6) is 0.491. The molecule has 7 nitrogen and oxygen atoms in total. The smallest absolute Gasteiger partial charge is 0.251 e. The van der Waals surface area contributed by atoms with Crippen molar-refractivity contribution in [3.8, 4) is 5.75 Å². The Morgan fingerprint density at radius 1 is 0.931 bits per heavy atom. The van der Waals surface area contributed by atoms with E-state index in [0.717, 1.165) is 24.3 Å². The largest absolute Gasteiger partial charge is 0.494 e. The minimum atomic E-state index is -0.173. The van der Waals surface area contributed by atoms with Gasteiger partial charge in [0.05, 0.1) is 13.2 Å². The van der Waals surface area contributed by atoms with Crippen LogP contribution >= 0.6 is 0 Å². The number of anilines is 2. The van der Waals surface area contributed by atoms with Gasteiger partial charge < -0.3 is 25.4 Å². The monoisotopic (exact) mass is 399 g/mol. The zero-order valence-electron chi connectivity index (χ0n) is 17.0. The lowest BCUT2D eigenvalue weighted by molar-refractivity contribution is -0.114. The van der Waals surface area contributed by atoms with E-state index < -0.39 is 0 Å². The summed E-state index contributed by atoms with van der Waals surface area (Å²) in [6.07, 6.45) is 1.72. The van der Waals surface area contributed by atoms with Gasteiger partial charge in [0.25, 0.3) is 5.91 Å². The van der Waals surface area contributed by atoms with Crippen LogP contribution in [0.2, 0.25) is 0 Å². The normalized spacial score (nSPS) is 10.3. The summed E-state index contributed by atoms with van der Waals surface area (Å²) in [5.41, 5.74) is 2.02. The molecule has 0 spiro atoms. The summed E-state index contributed by atoms with van der Waals surface area (Å²) < 4.78 is 10.5. The first-order valence-electron chi connectivity index (χ1n) is 9.76. The molecule has 0 saturated carbocycles. The van der Waals surface area contributed by atoms with Gasteiger partial charge >= 0.3 is 0 Å². The van der Waals surface area contributed by atoms with Crippen LogP contribution in [-0.4, -0.2) is 45.2 Å². The summed E-state index contributed by atoms with van der Waals surface area (Å²) in [7, 11) is 1.63. The van der Waals surface area contributed by atoms with Crippen LogP contribution in [0, 0.1) is 0 Å². The van der Waals surface area contributed by atoms with Crippen molar-refractivity contribution in [2.24, 2.45) is 0 Å². The zero-order chi connectivity index (χ0) is 20.9. The van der Waals surface area contributed by atoms with Crippen molar-refractivity contribution in [2.45, 2.75) is 19.8 Å². The van der Waals surface area contributed by atoms with Crippen LogP contribution in [0.5, 0.6) is 5.75 Å². The van der Waals surface area contributed by atoms with Crippen molar-refractivity contribution >= 4 is 23.2 Å². The first kappa shape index (κ1) is 22.2. The van der Waals surface area contributed by atoms with Crippen molar-refractivity contribution < 1.29 is 19.1 Å². The third-order valence-electron chi connectivity index (χ3n) is 4.02. The molecule has 0 saturated heterocycles. The number of carbonyl (C=O) groups is 2. The minimum absolute atomic E-state index is 0.136. The highest BCUT2D eigenvalue weighted by atomic mass is 16.5. The Labute approximate surface area is 171 Å². The van der Waals surface area contributed by atoms with E-state index in [4.69, 9.17) is 9.47 Å². The molecule has 0 fully saturated rings. The van der Waals surface area contributed by atoms with Gasteiger partial charge in [-0.2, -0.15) is 0 Å². The number of rotatable bonds is 12. The third kappa shape index (κ3) is 8.23. The van der Waals surface area contributed by atoms with E-state index >= 15 is 0 Å². The Bertz CT molecular complexity index is 761. The van der Waals surface area contributed by atoms with Gasteiger partial charge in [0.1, 0.15) is 5.75 Å². The summed E-state index contributed by atoms with van der Waals surface area (Å²) in [6.45, 7) is 4.04. The highest BCUT2D eigenvalue weighted by Crippen LogP contribution is 2.16. The molecule has 0 aliphatic rings. The first-order chi connectivity index (χ1) is 14.1. The molecule has 2 rings (SSSR count). The molecule has 0 heterocycles. The van der Waals surface area contributed by atoms with Crippen LogP contribution in [0.3, 0.4) is 0 Å². The highest BCUT2D eigenvalue weighted by molar-refractivity contribution is 5.96. The van der Waals surface area contributed by atoms with Crippen LogP contribution in [0.1, 0.15) is 30.1 Å². The zero-order valence-corrected chi connectivity index (χ0v) is 17.0. The second kappa shape index (κ2) is 12.4. The van der Waals surface area contributed by atoms with E-state index in [1.165, 1.54) is 0 Å². The van der Waals surface area contributed by atoms with Gasteiger partial charge in [0.15, 0.2) is 0 Å². The number of hydrogen-bond donors (Lipinski definition) is 3. The molecule has 0 radical (unpaired) electrons. The van der Waals surface area contributed by atoms with Crippen molar-refractivity contribution in [1.29, 1.82) is 0 Å². The minimum Gasteiger partial charge on any atom is -0.494 e. The van der Waals surface area contributed by atoms with Gasteiger partial charge in [0.2, 0.25) is 5.91 Å². The van der Waals surface area contributed by atoms with Crippen LogP contribution in [0.25, 0.3) is 0 Å². The average molecular weight is 399 g/mol. The molecule has 2 aromatic rings. The SMILES string of the molecule is CCCOc1ccc(NCC(=O)Nc2ccc(C(=O)NCCCOC)cc2)cc1. The number of benzene rings is 2. The van der Waals surface area contributed by atoms with Gasteiger partial charge in [-0.25, -0.2) is 0 Å². The standard InChI is InChI=1S/C22H29N3O4/c1-3-14-29-20-11-9-18(10-12-20)24-16-21(26)25-19-7-5-17(6-8-19)22(27)23-13-4-15-28-2/h5-12,24H,3-4,13-16H2,1-2H3,(H,23,27)(H,25,26). The number of ether oxygens (including phenoxy) is 2. The van der Waals surface area contributed by atoms with E-state index in [-0.39, 0.29) is 18.4 Å². The average Bonchev–Trinajstić information content (AvgIpc) is 2.75. The summed E-state index contributed by atoms with van der Waals surface area (Å²) >= 11 is 0. The number of hydrogen-bond acceptors (Lipinski definition) is 5. The number of methoxy groups -OCH3 is 1. The summed E-state index contributed by atoms with van der Waals surface area (Å²) in [4.78, 5) is 24.2. The summed E-state index contributed by atoms with van der Waals surface area (Å²) in [5, 5.41) is 8.69. The molecule has 2 aromatic carbocycles. The van der Waals surface area contributed by atoms with Gasteiger partial charge in [0, 0.05) is 37.2 Å². The van der Waals surface area contributed by atoms with Crippen molar-refractivity contribution in [3.63, 3.8) is 0 Å². The number of carbonyl (C=O) groups excluding carboxylic acids is 2. The molecule has 0 unspecified atom stereocenters. The van der Waals surface area contributed by atoms with Crippen LogP contribution in [-0.2, 0) is 9.53 Å².